The molecular formula is C17H18FN5. The molecule has 0 bridgehead atoms. The van der Waals surface area contributed by atoms with Gasteiger partial charge >= 0.3 is 0 Å². The van der Waals surface area contributed by atoms with E-state index in [1.165, 1.54) is 6.07 Å². The van der Waals surface area contributed by atoms with Crippen LogP contribution in [0, 0.1) is 24.1 Å². The third-order valence-electron chi connectivity index (χ3n) is 4.23. The van der Waals surface area contributed by atoms with E-state index >= 15 is 0 Å². The van der Waals surface area contributed by atoms with Gasteiger partial charge in [-0.1, -0.05) is 6.07 Å². The Morgan fingerprint density at radius 3 is 2.96 bits per heavy atom. The lowest BCUT2D eigenvalue weighted by Gasteiger charge is -2.26. The molecule has 6 heteroatoms. The molecule has 1 fully saturated rings. The quantitative estimate of drug-likeness (QED) is 0.872. The normalized spacial score (nSPS) is 17.1. The number of para-hydroxylation sites is 1. The van der Waals surface area contributed by atoms with Gasteiger partial charge in [-0.3, -0.25) is 0 Å². The number of likely N-dealkylation sites (N-methyl/N-ethyl adjacent to an activating group) is 1. The Balaban J connectivity index is 1.81. The van der Waals surface area contributed by atoms with Gasteiger partial charge in [-0.15, -0.1) is 0 Å². The first-order chi connectivity index (χ1) is 11.1. The van der Waals surface area contributed by atoms with E-state index in [1.54, 1.807) is 18.3 Å². The molecule has 2 heterocycles. The average molecular weight is 311 g/mol. The summed E-state index contributed by atoms with van der Waals surface area (Å²) in [7, 11) is 1.95. The monoisotopic (exact) mass is 311 g/mol. The second-order valence-corrected chi connectivity index (χ2v) is 5.75. The maximum Gasteiger partial charge on any atom is 0.225 e. The predicted octanol–water partition coefficient (Wildman–Crippen LogP) is 2.51. The molecule has 0 aliphatic carbocycles. The van der Waals surface area contributed by atoms with Gasteiger partial charge in [0, 0.05) is 32.0 Å². The molecule has 2 aromatic rings. The molecule has 1 aliphatic rings. The summed E-state index contributed by atoms with van der Waals surface area (Å²) in [6, 6.07) is 8.74. The van der Waals surface area contributed by atoms with E-state index < -0.39 is 0 Å². The van der Waals surface area contributed by atoms with Crippen LogP contribution in [0.5, 0.6) is 0 Å². The lowest BCUT2D eigenvalue weighted by Crippen LogP contribution is -2.36. The number of halogens is 1. The van der Waals surface area contributed by atoms with Crippen LogP contribution in [0.3, 0.4) is 0 Å². The minimum atomic E-state index is -0.348. The molecule has 0 spiro atoms. The fourth-order valence-corrected chi connectivity index (χ4v) is 2.96. The highest BCUT2D eigenvalue weighted by molar-refractivity contribution is 5.61. The van der Waals surface area contributed by atoms with E-state index in [2.05, 4.69) is 16.0 Å². The minimum Gasteiger partial charge on any atom is -0.366 e. The van der Waals surface area contributed by atoms with Gasteiger partial charge in [-0.2, -0.15) is 5.26 Å². The van der Waals surface area contributed by atoms with E-state index in [4.69, 9.17) is 0 Å². The summed E-state index contributed by atoms with van der Waals surface area (Å²) in [6.45, 7) is 3.28. The molecule has 3 rings (SSSR count). The highest BCUT2D eigenvalue weighted by Gasteiger charge is 2.29. The number of nitrogens with zero attached hydrogens (tertiary/aromatic N) is 5. The summed E-state index contributed by atoms with van der Waals surface area (Å²) in [6.07, 6.45) is 2.61. The largest absolute Gasteiger partial charge is 0.366 e. The Morgan fingerprint density at radius 2 is 2.22 bits per heavy atom. The van der Waals surface area contributed by atoms with Crippen molar-refractivity contribution >= 4 is 11.6 Å². The molecule has 5 nitrogen and oxygen atoms in total. The molecule has 0 radical (unpaired) electrons. The van der Waals surface area contributed by atoms with Crippen LogP contribution in [0.1, 0.15) is 17.7 Å². The van der Waals surface area contributed by atoms with Gasteiger partial charge in [-0.05, 0) is 31.5 Å². The Kier molecular flexibility index (Phi) is 4.11. The average Bonchev–Trinajstić information content (AvgIpc) is 3.03. The van der Waals surface area contributed by atoms with Gasteiger partial charge in [0.1, 0.15) is 11.9 Å². The zero-order chi connectivity index (χ0) is 16.4. The van der Waals surface area contributed by atoms with Crippen molar-refractivity contribution in [3.8, 4) is 6.07 Å². The standard InChI is InChI=1S/C17H18FN5/c1-12-6-8-20-17(21-12)22(2)14-7-9-23(11-14)16-13(10-19)4-3-5-15(16)18/h3-6,8,14H,7,9,11H2,1-2H3. The van der Waals surface area contributed by atoms with Crippen LogP contribution < -0.4 is 9.80 Å². The van der Waals surface area contributed by atoms with Gasteiger partial charge in [0.25, 0.3) is 0 Å². The first-order valence-electron chi connectivity index (χ1n) is 7.56. The Morgan fingerprint density at radius 1 is 1.39 bits per heavy atom. The van der Waals surface area contributed by atoms with Crippen LogP contribution in [0.2, 0.25) is 0 Å². The molecular weight excluding hydrogens is 293 g/mol. The van der Waals surface area contributed by atoms with Crippen LogP contribution in [0.25, 0.3) is 0 Å². The summed E-state index contributed by atoms with van der Waals surface area (Å²) in [4.78, 5) is 12.7. The molecule has 0 amide bonds. The maximum atomic E-state index is 14.2. The third-order valence-corrected chi connectivity index (χ3v) is 4.23. The molecule has 1 aliphatic heterocycles. The number of hydrogen-bond donors (Lipinski definition) is 0. The maximum absolute atomic E-state index is 14.2. The zero-order valence-electron chi connectivity index (χ0n) is 13.2. The number of hydrogen-bond acceptors (Lipinski definition) is 5. The summed E-state index contributed by atoms with van der Waals surface area (Å²) < 4.78 is 14.2. The Hall–Kier alpha value is -2.68. The molecule has 0 saturated carbocycles. The van der Waals surface area contributed by atoms with E-state index in [1.807, 2.05) is 29.8 Å². The lowest BCUT2D eigenvalue weighted by atomic mass is 10.1. The number of aromatic nitrogens is 2. The molecule has 1 saturated heterocycles. The first-order valence-corrected chi connectivity index (χ1v) is 7.56. The van der Waals surface area contributed by atoms with Crippen molar-refractivity contribution < 1.29 is 4.39 Å². The first kappa shape index (κ1) is 15.2. The topological polar surface area (TPSA) is 56.1 Å². The number of benzene rings is 1. The highest BCUT2D eigenvalue weighted by Crippen LogP contribution is 2.29. The van der Waals surface area contributed by atoms with Crippen LogP contribution in [0.4, 0.5) is 16.0 Å². The van der Waals surface area contributed by atoms with Crippen LogP contribution in [-0.2, 0) is 0 Å². The number of aryl methyl sites for hydroxylation is 1. The number of nitriles is 1. The van der Waals surface area contributed by atoms with Crippen molar-refractivity contribution in [3.63, 3.8) is 0 Å². The molecule has 118 valence electrons. The van der Waals surface area contributed by atoms with Crippen molar-refractivity contribution in [2.45, 2.75) is 19.4 Å². The van der Waals surface area contributed by atoms with E-state index in [9.17, 15) is 9.65 Å². The second kappa shape index (κ2) is 6.21. The molecule has 23 heavy (non-hydrogen) atoms. The summed E-state index contributed by atoms with van der Waals surface area (Å²) in [5.41, 5.74) is 1.69. The SMILES string of the molecule is Cc1ccnc(N(C)C2CCN(c3c(F)cccc3C#N)C2)n1. The zero-order valence-corrected chi connectivity index (χ0v) is 13.2. The highest BCUT2D eigenvalue weighted by atomic mass is 19.1. The second-order valence-electron chi connectivity index (χ2n) is 5.75. The molecule has 1 aromatic heterocycles. The fourth-order valence-electron chi connectivity index (χ4n) is 2.96. The van der Waals surface area contributed by atoms with E-state index in [-0.39, 0.29) is 11.9 Å². The fraction of sp³-hybridized carbons (Fsp3) is 0.353. The summed E-state index contributed by atoms with van der Waals surface area (Å²) >= 11 is 0. The van der Waals surface area contributed by atoms with Crippen LogP contribution in [-0.4, -0.2) is 36.1 Å². The Labute approximate surface area is 135 Å². The van der Waals surface area contributed by atoms with E-state index in [0.29, 0.717) is 30.3 Å². The Bertz CT molecular complexity index is 755. The summed E-state index contributed by atoms with van der Waals surface area (Å²) in [5, 5.41) is 9.21. The molecule has 0 N–H and O–H groups in total. The molecule has 1 unspecified atom stereocenters. The molecule has 1 aromatic carbocycles. The van der Waals surface area contributed by atoms with Gasteiger partial charge in [-0.25, -0.2) is 14.4 Å². The van der Waals surface area contributed by atoms with Gasteiger partial charge in [0.2, 0.25) is 5.95 Å². The smallest absolute Gasteiger partial charge is 0.225 e. The minimum absolute atomic E-state index is 0.183. The third kappa shape index (κ3) is 2.95. The van der Waals surface area contributed by atoms with Crippen molar-refractivity contribution in [3.05, 3.63) is 47.5 Å². The van der Waals surface area contributed by atoms with Crippen molar-refractivity contribution in [1.29, 1.82) is 5.26 Å². The van der Waals surface area contributed by atoms with Crippen molar-refractivity contribution in [2.24, 2.45) is 0 Å². The van der Waals surface area contributed by atoms with Crippen molar-refractivity contribution in [2.75, 3.05) is 29.9 Å². The predicted molar refractivity (Wildman–Crippen MR) is 86.9 cm³/mol. The van der Waals surface area contributed by atoms with Crippen LogP contribution >= 0.6 is 0 Å². The van der Waals surface area contributed by atoms with Gasteiger partial charge < -0.3 is 9.80 Å². The van der Waals surface area contributed by atoms with Crippen LogP contribution in [0.15, 0.2) is 30.5 Å². The number of rotatable bonds is 3. The van der Waals surface area contributed by atoms with E-state index in [0.717, 1.165) is 12.1 Å². The van der Waals surface area contributed by atoms with Gasteiger partial charge in [0.15, 0.2) is 0 Å². The van der Waals surface area contributed by atoms with Crippen molar-refractivity contribution in [1.82, 2.24) is 9.97 Å². The number of anilines is 2. The molecule has 1 atom stereocenters. The summed E-state index contributed by atoms with van der Waals surface area (Å²) in [5.74, 6) is 0.324. The lowest BCUT2D eigenvalue weighted by molar-refractivity contribution is 0.621. The van der Waals surface area contributed by atoms with Gasteiger partial charge in [0.05, 0.1) is 17.3 Å².